The largest absolute Gasteiger partial charge is 0.423 e. The van der Waals surface area contributed by atoms with Crippen LogP contribution >= 0.6 is 0 Å². The summed E-state index contributed by atoms with van der Waals surface area (Å²) in [5.74, 6) is -1.31. The number of rotatable bonds is 8. The fourth-order valence-electron chi connectivity index (χ4n) is 2.37. The third kappa shape index (κ3) is 6.45. The molecular weight excluding hydrogens is 423 g/mol. The Balaban J connectivity index is 1.43. The van der Waals surface area contributed by atoms with E-state index in [1.54, 1.807) is 24.3 Å². The maximum Gasteiger partial charge on any atom is 0.343 e. The predicted molar refractivity (Wildman–Crippen MR) is 112 cm³/mol. The molecule has 164 valence electrons. The van der Waals surface area contributed by atoms with Gasteiger partial charge in [-0.05, 0) is 54.1 Å². The monoisotopic (exact) mass is 440 g/mol. The highest BCUT2D eigenvalue weighted by atomic mass is 19.1. The summed E-state index contributed by atoms with van der Waals surface area (Å²) in [6.07, 6.45) is 1.39. The molecule has 0 saturated carbocycles. The number of hydrogen-bond donors (Lipinski definition) is 4. The van der Waals surface area contributed by atoms with Gasteiger partial charge in [-0.15, -0.1) is 5.10 Å². The SMILES string of the molecule is O=C(CCNc1n[nH]c(=O)[nH]c1=O)N/N=C/c1ccc(OC(=O)c2ccc(F)cc2)cc1. The van der Waals surface area contributed by atoms with E-state index in [1.807, 2.05) is 4.98 Å². The number of carbonyl (C=O) groups is 2. The number of nitrogens with zero attached hydrogens (tertiary/aromatic N) is 2. The Morgan fingerprint density at radius 2 is 1.81 bits per heavy atom. The van der Waals surface area contributed by atoms with Crippen LogP contribution in [-0.4, -0.2) is 39.8 Å². The van der Waals surface area contributed by atoms with Crippen molar-refractivity contribution in [3.05, 3.63) is 86.3 Å². The number of amides is 1. The van der Waals surface area contributed by atoms with Crippen LogP contribution < -0.4 is 26.7 Å². The van der Waals surface area contributed by atoms with Crippen LogP contribution in [0, 0.1) is 5.82 Å². The highest BCUT2D eigenvalue weighted by Gasteiger charge is 2.08. The summed E-state index contributed by atoms with van der Waals surface area (Å²) in [6.45, 7) is 0.0948. The second-order valence-electron chi connectivity index (χ2n) is 6.29. The Labute approximate surface area is 179 Å². The smallest absolute Gasteiger partial charge is 0.343 e. The van der Waals surface area contributed by atoms with Crippen LogP contribution in [0.15, 0.2) is 63.2 Å². The Kier molecular flexibility index (Phi) is 7.20. The third-order valence-electron chi connectivity index (χ3n) is 3.93. The van der Waals surface area contributed by atoms with Crippen molar-refractivity contribution in [1.29, 1.82) is 0 Å². The molecule has 2 aromatic carbocycles. The van der Waals surface area contributed by atoms with Gasteiger partial charge in [0.05, 0.1) is 11.8 Å². The molecule has 3 aromatic rings. The van der Waals surface area contributed by atoms with Crippen LogP contribution in [0.5, 0.6) is 5.75 Å². The quantitative estimate of drug-likeness (QED) is 0.174. The fraction of sp³-hybridized carbons (Fsp3) is 0.100. The molecule has 1 amide bonds. The summed E-state index contributed by atoms with van der Waals surface area (Å²) >= 11 is 0. The number of hydrazone groups is 1. The summed E-state index contributed by atoms with van der Waals surface area (Å²) in [5, 5.41) is 12.0. The van der Waals surface area contributed by atoms with Gasteiger partial charge in [-0.25, -0.2) is 24.5 Å². The third-order valence-corrected chi connectivity index (χ3v) is 3.93. The molecule has 0 saturated heterocycles. The van der Waals surface area contributed by atoms with Crippen LogP contribution in [0.4, 0.5) is 10.2 Å². The van der Waals surface area contributed by atoms with Crippen molar-refractivity contribution in [2.75, 3.05) is 11.9 Å². The highest BCUT2D eigenvalue weighted by molar-refractivity contribution is 5.91. The van der Waals surface area contributed by atoms with Crippen LogP contribution in [0.25, 0.3) is 0 Å². The molecule has 0 bridgehead atoms. The molecule has 0 unspecified atom stereocenters. The van der Waals surface area contributed by atoms with E-state index in [0.717, 1.165) is 0 Å². The molecule has 1 aromatic heterocycles. The number of H-pyrrole nitrogens is 2. The molecular formula is C20H17FN6O5. The van der Waals surface area contributed by atoms with Crippen molar-refractivity contribution in [2.24, 2.45) is 5.10 Å². The predicted octanol–water partition coefficient (Wildman–Crippen LogP) is 0.769. The molecule has 12 heteroatoms. The number of hydrogen-bond acceptors (Lipinski definition) is 8. The average Bonchev–Trinajstić information content (AvgIpc) is 2.77. The normalized spacial score (nSPS) is 10.7. The molecule has 0 fully saturated rings. The van der Waals surface area contributed by atoms with Gasteiger partial charge in [-0.1, -0.05) is 0 Å². The molecule has 0 spiro atoms. The van der Waals surface area contributed by atoms with E-state index in [2.05, 4.69) is 26.0 Å². The molecule has 0 atom stereocenters. The number of ether oxygens (including phenoxy) is 1. The molecule has 11 nitrogen and oxygen atoms in total. The van der Waals surface area contributed by atoms with Crippen molar-refractivity contribution in [3.8, 4) is 5.75 Å². The number of nitrogens with one attached hydrogen (secondary N) is 4. The lowest BCUT2D eigenvalue weighted by atomic mass is 10.2. The first kappa shape index (κ1) is 22.1. The first-order chi connectivity index (χ1) is 15.4. The van der Waals surface area contributed by atoms with Gasteiger partial charge < -0.3 is 10.1 Å². The summed E-state index contributed by atoms with van der Waals surface area (Å²) in [4.78, 5) is 48.1. The lowest BCUT2D eigenvalue weighted by Gasteiger charge is -2.05. The summed E-state index contributed by atoms with van der Waals surface area (Å²) in [6, 6.07) is 11.3. The van der Waals surface area contributed by atoms with E-state index in [-0.39, 0.29) is 30.1 Å². The van der Waals surface area contributed by atoms with Crippen LogP contribution in [0.2, 0.25) is 0 Å². The molecule has 4 N–H and O–H groups in total. The van der Waals surface area contributed by atoms with Crippen LogP contribution in [0.3, 0.4) is 0 Å². The summed E-state index contributed by atoms with van der Waals surface area (Å²) < 4.78 is 18.1. The first-order valence-electron chi connectivity index (χ1n) is 9.23. The maximum absolute atomic E-state index is 12.9. The van der Waals surface area contributed by atoms with E-state index < -0.39 is 28.9 Å². The van der Waals surface area contributed by atoms with Gasteiger partial charge in [0.15, 0.2) is 0 Å². The number of benzene rings is 2. The summed E-state index contributed by atoms with van der Waals surface area (Å²) in [7, 11) is 0. The lowest BCUT2D eigenvalue weighted by Crippen LogP contribution is -2.28. The Morgan fingerprint density at radius 1 is 1.09 bits per heavy atom. The van der Waals surface area contributed by atoms with Gasteiger partial charge in [-0.3, -0.25) is 14.6 Å². The molecule has 32 heavy (non-hydrogen) atoms. The molecule has 0 aliphatic heterocycles. The standard InChI is InChI=1S/C20H17FN6O5/c21-14-5-3-13(4-6-14)19(30)32-15-7-1-12(2-8-15)11-23-25-16(28)9-10-22-17-18(29)24-20(31)27-26-17/h1-8,11H,9-10H2,(H,22,26)(H,25,28)(H2,24,27,29,31)/b23-11+. The van der Waals surface area contributed by atoms with E-state index in [4.69, 9.17) is 4.74 Å². The van der Waals surface area contributed by atoms with Gasteiger partial charge in [0.25, 0.3) is 5.56 Å². The van der Waals surface area contributed by atoms with Crippen LogP contribution in [-0.2, 0) is 4.79 Å². The van der Waals surface area contributed by atoms with E-state index >= 15 is 0 Å². The Morgan fingerprint density at radius 3 is 2.50 bits per heavy atom. The number of aromatic nitrogens is 3. The number of anilines is 1. The molecule has 0 aliphatic rings. The molecule has 0 aliphatic carbocycles. The van der Waals surface area contributed by atoms with Crippen LogP contribution in [0.1, 0.15) is 22.3 Å². The molecule has 1 heterocycles. The second kappa shape index (κ2) is 10.4. The van der Waals surface area contributed by atoms with Crippen molar-refractivity contribution < 1.29 is 18.7 Å². The minimum Gasteiger partial charge on any atom is -0.423 e. The van der Waals surface area contributed by atoms with Gasteiger partial charge in [0.2, 0.25) is 11.7 Å². The van der Waals surface area contributed by atoms with E-state index in [9.17, 15) is 23.6 Å². The van der Waals surface area contributed by atoms with E-state index in [1.165, 1.54) is 30.5 Å². The lowest BCUT2D eigenvalue weighted by molar-refractivity contribution is -0.120. The van der Waals surface area contributed by atoms with Crippen molar-refractivity contribution in [2.45, 2.75) is 6.42 Å². The summed E-state index contributed by atoms with van der Waals surface area (Å²) in [5.41, 5.74) is 1.75. The molecule has 3 rings (SSSR count). The molecule has 0 radical (unpaired) electrons. The van der Waals surface area contributed by atoms with E-state index in [0.29, 0.717) is 5.56 Å². The van der Waals surface area contributed by atoms with Crippen molar-refractivity contribution in [3.63, 3.8) is 0 Å². The highest BCUT2D eigenvalue weighted by Crippen LogP contribution is 2.14. The fourth-order valence-corrected chi connectivity index (χ4v) is 2.37. The Bertz CT molecular complexity index is 1230. The second-order valence-corrected chi connectivity index (χ2v) is 6.29. The van der Waals surface area contributed by atoms with Crippen molar-refractivity contribution >= 4 is 23.9 Å². The van der Waals surface area contributed by atoms with Gasteiger partial charge >= 0.3 is 11.7 Å². The number of esters is 1. The zero-order chi connectivity index (χ0) is 22.9. The number of halogens is 1. The minimum atomic E-state index is -0.730. The Hall–Kier alpha value is -4.61. The van der Waals surface area contributed by atoms with Gasteiger partial charge in [0.1, 0.15) is 11.6 Å². The zero-order valence-corrected chi connectivity index (χ0v) is 16.4. The zero-order valence-electron chi connectivity index (χ0n) is 16.4. The van der Waals surface area contributed by atoms with Gasteiger partial charge in [0, 0.05) is 13.0 Å². The number of carbonyl (C=O) groups excluding carboxylic acids is 2. The minimum absolute atomic E-state index is 0.00411. The first-order valence-corrected chi connectivity index (χ1v) is 9.23. The van der Waals surface area contributed by atoms with Crippen molar-refractivity contribution in [1.82, 2.24) is 20.6 Å². The average molecular weight is 440 g/mol. The number of aromatic amines is 2. The maximum atomic E-state index is 12.9. The topological polar surface area (TPSA) is 158 Å². The van der Waals surface area contributed by atoms with Gasteiger partial charge in [-0.2, -0.15) is 5.10 Å².